The molecule has 0 saturated carbocycles. The van der Waals surface area contributed by atoms with E-state index in [1.165, 1.54) is 62.6 Å². The average Bonchev–Trinajstić information content (AvgIpc) is 3.79. The van der Waals surface area contributed by atoms with E-state index < -0.39 is 0 Å². The van der Waals surface area contributed by atoms with Gasteiger partial charge < -0.3 is 11.1 Å². The van der Waals surface area contributed by atoms with E-state index in [1.54, 1.807) is 0 Å². The van der Waals surface area contributed by atoms with Gasteiger partial charge in [-0.3, -0.25) is 0 Å². The maximum Gasteiger partial charge on any atom is 0.0433 e. The molecule has 10 rings (SSSR count). The third-order valence-electron chi connectivity index (χ3n) is 9.02. The van der Waals surface area contributed by atoms with Gasteiger partial charge in [0.25, 0.3) is 0 Å². The van der Waals surface area contributed by atoms with Crippen molar-refractivity contribution in [2.45, 2.75) is 7.43 Å². The molecule has 0 atom stereocenters. The van der Waals surface area contributed by atoms with Crippen molar-refractivity contribution in [1.82, 2.24) is 0 Å². The van der Waals surface area contributed by atoms with E-state index in [0.29, 0.717) is 0 Å². The van der Waals surface area contributed by atoms with Crippen molar-refractivity contribution in [3.8, 4) is 22.3 Å². The predicted molar refractivity (Wildman–Crippen MR) is 245 cm³/mol. The molecule has 0 aliphatic carbocycles. The van der Waals surface area contributed by atoms with Gasteiger partial charge in [0.15, 0.2) is 0 Å². The smallest absolute Gasteiger partial charge is 0.0433 e. The van der Waals surface area contributed by atoms with E-state index >= 15 is 0 Å². The molecule has 10 aromatic rings. The third kappa shape index (κ3) is 8.09. The highest BCUT2D eigenvalue weighted by Crippen LogP contribution is 2.41. The first-order chi connectivity index (χ1) is 26.1. The van der Waals surface area contributed by atoms with Gasteiger partial charge in [-0.15, -0.1) is 22.7 Å². The van der Waals surface area contributed by atoms with Gasteiger partial charge in [-0.1, -0.05) is 157 Å². The standard InChI is InChI=1S/C24H17NS.C18H11BrS.C6H7N.CH4/c1-2-7-18(8-3-1)25-19-15-13-17(14-16-19)20-10-6-11-22-21-9-4-5-12-23(21)26-24(20)22;19-13-10-8-12(9-11-13)14-5-3-6-16-15-4-1-2-7-17(15)20-18(14)16;7-6-4-2-1-3-5-6;/h1-16,25H;1-11H;1-5H,7H2;1H4. The lowest BCUT2D eigenvalue weighted by atomic mass is 10.0. The number of rotatable bonds is 4. The van der Waals surface area contributed by atoms with Gasteiger partial charge in [0, 0.05) is 61.9 Å². The maximum absolute atomic E-state index is 5.36. The summed E-state index contributed by atoms with van der Waals surface area (Å²) in [5.74, 6) is 0. The van der Waals surface area contributed by atoms with Crippen molar-refractivity contribution < 1.29 is 0 Å². The minimum Gasteiger partial charge on any atom is -0.399 e. The summed E-state index contributed by atoms with van der Waals surface area (Å²) in [4.78, 5) is 0. The fraction of sp³-hybridized carbons (Fsp3) is 0.0204. The fourth-order valence-electron chi connectivity index (χ4n) is 6.45. The maximum atomic E-state index is 5.36. The zero-order valence-corrected chi connectivity index (χ0v) is 32.0. The van der Waals surface area contributed by atoms with Crippen LogP contribution in [0.3, 0.4) is 0 Å². The van der Waals surface area contributed by atoms with Gasteiger partial charge in [-0.25, -0.2) is 0 Å². The number of nitrogens with one attached hydrogen (secondary N) is 1. The lowest BCUT2D eigenvalue weighted by molar-refractivity contribution is 1.55. The summed E-state index contributed by atoms with van der Waals surface area (Å²) in [6.07, 6.45) is 0. The Labute approximate surface area is 333 Å². The van der Waals surface area contributed by atoms with Crippen molar-refractivity contribution in [2.75, 3.05) is 11.1 Å². The van der Waals surface area contributed by atoms with Crippen molar-refractivity contribution in [3.05, 3.63) is 199 Å². The first-order valence-corrected chi connectivity index (χ1v) is 19.8. The largest absolute Gasteiger partial charge is 0.399 e. The second kappa shape index (κ2) is 17.0. The Bertz CT molecular complexity index is 2750. The van der Waals surface area contributed by atoms with Gasteiger partial charge in [0.05, 0.1) is 0 Å². The van der Waals surface area contributed by atoms with Gasteiger partial charge in [0.2, 0.25) is 0 Å². The van der Waals surface area contributed by atoms with E-state index in [9.17, 15) is 0 Å². The quantitative estimate of drug-likeness (QED) is 0.174. The van der Waals surface area contributed by atoms with Crippen LogP contribution in [0.2, 0.25) is 0 Å². The van der Waals surface area contributed by atoms with Crippen LogP contribution in [0.4, 0.5) is 17.1 Å². The van der Waals surface area contributed by atoms with Crippen LogP contribution in [0, 0.1) is 0 Å². The average molecular weight is 800 g/mol. The Kier molecular flexibility index (Phi) is 11.5. The molecule has 2 heterocycles. The molecule has 0 aliphatic rings. The number of hydrogen-bond donors (Lipinski definition) is 2. The summed E-state index contributed by atoms with van der Waals surface area (Å²) in [6.45, 7) is 0. The number of anilines is 3. The van der Waals surface area contributed by atoms with Crippen molar-refractivity contribution >= 4 is 96.0 Å². The number of nitrogen functional groups attached to an aromatic ring is 1. The van der Waals surface area contributed by atoms with Crippen molar-refractivity contribution in [1.29, 1.82) is 0 Å². The first-order valence-electron chi connectivity index (χ1n) is 17.4. The van der Waals surface area contributed by atoms with E-state index in [1.807, 2.05) is 71.2 Å². The fourth-order valence-corrected chi connectivity index (χ4v) is 9.19. The van der Waals surface area contributed by atoms with Gasteiger partial charge in [-0.05, 0) is 82.9 Å². The molecular formula is C49H39BrN2S2. The van der Waals surface area contributed by atoms with E-state index in [2.05, 4.69) is 167 Å². The second-order valence-corrected chi connectivity index (χ2v) is 15.6. The minimum atomic E-state index is 0. The molecule has 2 aromatic heterocycles. The molecule has 0 unspecified atom stereocenters. The number of thiophene rings is 2. The van der Waals surface area contributed by atoms with E-state index in [4.69, 9.17) is 5.73 Å². The molecule has 2 nitrogen and oxygen atoms in total. The normalized spacial score (nSPS) is 10.6. The Morgan fingerprint density at radius 2 is 0.796 bits per heavy atom. The van der Waals surface area contributed by atoms with E-state index in [-0.39, 0.29) is 7.43 Å². The number of benzene rings is 8. The zero-order chi connectivity index (χ0) is 36.0. The Morgan fingerprint density at radius 3 is 1.28 bits per heavy atom. The molecule has 54 heavy (non-hydrogen) atoms. The summed E-state index contributed by atoms with van der Waals surface area (Å²) in [7, 11) is 0. The molecule has 0 amide bonds. The molecule has 0 aliphatic heterocycles. The van der Waals surface area contributed by atoms with E-state index in [0.717, 1.165) is 21.5 Å². The highest BCUT2D eigenvalue weighted by Gasteiger charge is 2.11. The Morgan fingerprint density at radius 1 is 0.389 bits per heavy atom. The molecule has 0 radical (unpaired) electrons. The number of fused-ring (bicyclic) bond motifs is 6. The number of para-hydroxylation sites is 2. The number of halogens is 1. The lowest BCUT2D eigenvalue weighted by Crippen LogP contribution is -1.89. The second-order valence-electron chi connectivity index (χ2n) is 12.5. The Balaban J connectivity index is 0.000000142. The van der Waals surface area contributed by atoms with Crippen LogP contribution in [0.25, 0.3) is 62.6 Å². The Hall–Kier alpha value is -5.72. The zero-order valence-electron chi connectivity index (χ0n) is 28.7. The summed E-state index contributed by atoms with van der Waals surface area (Å²) >= 11 is 7.25. The van der Waals surface area contributed by atoms with Crippen molar-refractivity contribution in [2.24, 2.45) is 0 Å². The topological polar surface area (TPSA) is 38.0 Å². The first kappa shape index (κ1) is 36.6. The minimum absolute atomic E-state index is 0. The molecule has 5 heteroatoms. The summed E-state index contributed by atoms with van der Waals surface area (Å²) in [5.41, 5.74) is 13.5. The molecule has 8 aromatic carbocycles. The molecule has 0 saturated heterocycles. The predicted octanol–water partition coefficient (Wildman–Crippen LogP) is 15.9. The van der Waals surface area contributed by atoms with Crippen molar-refractivity contribution in [3.63, 3.8) is 0 Å². The third-order valence-corrected chi connectivity index (χ3v) is 12.0. The van der Waals surface area contributed by atoms with Crippen LogP contribution in [0.1, 0.15) is 7.43 Å². The van der Waals surface area contributed by atoms with Crippen LogP contribution in [-0.4, -0.2) is 0 Å². The monoisotopic (exact) mass is 798 g/mol. The van der Waals surface area contributed by atoms with Crippen LogP contribution in [0.5, 0.6) is 0 Å². The molecule has 0 spiro atoms. The molecule has 0 fully saturated rings. The lowest BCUT2D eigenvalue weighted by Gasteiger charge is -2.08. The van der Waals surface area contributed by atoms with Crippen LogP contribution in [-0.2, 0) is 0 Å². The van der Waals surface area contributed by atoms with Gasteiger partial charge in [0.1, 0.15) is 0 Å². The van der Waals surface area contributed by atoms with Crippen LogP contribution in [0.15, 0.2) is 199 Å². The molecular weight excluding hydrogens is 761 g/mol. The van der Waals surface area contributed by atoms with Crippen LogP contribution < -0.4 is 11.1 Å². The number of hydrogen-bond acceptors (Lipinski definition) is 4. The van der Waals surface area contributed by atoms with Crippen LogP contribution >= 0.6 is 38.6 Å². The molecule has 264 valence electrons. The summed E-state index contributed by atoms with van der Waals surface area (Å²) in [5, 5.41) is 8.84. The van der Waals surface area contributed by atoms with Gasteiger partial charge >= 0.3 is 0 Å². The molecule has 0 bridgehead atoms. The number of nitrogens with two attached hydrogens (primary N) is 1. The molecule has 3 N–H and O–H groups in total. The highest BCUT2D eigenvalue weighted by atomic mass is 79.9. The SMILES string of the molecule is Brc1ccc(-c2cccc3c2sc2ccccc23)cc1.C.Nc1ccccc1.c1ccc(Nc2ccc(-c3cccc4c3sc3ccccc34)cc2)cc1. The highest BCUT2D eigenvalue weighted by molar-refractivity contribution is 9.10. The van der Waals surface area contributed by atoms with Gasteiger partial charge in [-0.2, -0.15) is 0 Å². The summed E-state index contributed by atoms with van der Waals surface area (Å²) in [6, 6.07) is 67.4. The summed E-state index contributed by atoms with van der Waals surface area (Å²) < 4.78 is 6.54.